The van der Waals surface area contributed by atoms with Crippen molar-refractivity contribution in [3.05, 3.63) is 60.6 Å². The van der Waals surface area contributed by atoms with Crippen molar-refractivity contribution < 1.29 is 9.90 Å². The van der Waals surface area contributed by atoms with Crippen LogP contribution in [0.1, 0.15) is 10.4 Å². The van der Waals surface area contributed by atoms with Crippen LogP contribution in [-0.4, -0.2) is 20.6 Å². The number of carboxylic acid groups (broad SMARTS) is 1. The molecule has 4 heteroatoms. The highest BCUT2D eigenvalue weighted by molar-refractivity contribution is 5.94. The molecule has 18 heavy (non-hydrogen) atoms. The number of hydrogen-bond donors (Lipinski definition) is 1. The first-order valence-corrected chi connectivity index (χ1v) is 5.50. The minimum absolute atomic E-state index is 0.301. The standard InChI is InChI=1S/C14H10N2O2/c17-14(18)11-1-2-13-10(9-11)5-8-16(13)12-3-6-15-7-4-12/h1-9H,(H,17,18). The number of hydrogen-bond acceptors (Lipinski definition) is 2. The van der Waals surface area contributed by atoms with Gasteiger partial charge in [-0.3, -0.25) is 4.98 Å². The minimum atomic E-state index is -0.909. The zero-order valence-corrected chi connectivity index (χ0v) is 9.45. The van der Waals surface area contributed by atoms with E-state index in [1.54, 1.807) is 24.5 Å². The molecule has 3 rings (SSSR count). The van der Waals surface area contributed by atoms with Gasteiger partial charge in [-0.05, 0) is 36.4 Å². The van der Waals surface area contributed by atoms with Crippen molar-refractivity contribution >= 4 is 16.9 Å². The number of rotatable bonds is 2. The van der Waals surface area contributed by atoms with Gasteiger partial charge < -0.3 is 9.67 Å². The number of carboxylic acids is 1. The first-order chi connectivity index (χ1) is 8.75. The maximum atomic E-state index is 10.9. The molecule has 0 amide bonds. The lowest BCUT2D eigenvalue weighted by Gasteiger charge is -2.04. The quantitative estimate of drug-likeness (QED) is 0.746. The lowest BCUT2D eigenvalue weighted by molar-refractivity contribution is 0.0697. The van der Waals surface area contributed by atoms with E-state index in [4.69, 9.17) is 5.11 Å². The van der Waals surface area contributed by atoms with Gasteiger partial charge in [0.2, 0.25) is 0 Å². The Morgan fingerprint density at radius 3 is 2.61 bits per heavy atom. The molecule has 0 saturated carbocycles. The summed E-state index contributed by atoms with van der Waals surface area (Å²) in [6.07, 6.45) is 5.38. The molecule has 0 bridgehead atoms. The summed E-state index contributed by atoms with van der Waals surface area (Å²) >= 11 is 0. The third-order valence-corrected chi connectivity index (χ3v) is 2.88. The molecule has 3 aromatic rings. The summed E-state index contributed by atoms with van der Waals surface area (Å²) in [5.41, 5.74) is 2.28. The van der Waals surface area contributed by atoms with E-state index in [2.05, 4.69) is 4.98 Å². The second-order valence-electron chi connectivity index (χ2n) is 3.97. The SMILES string of the molecule is O=C(O)c1ccc2c(ccn2-c2ccncc2)c1. The monoisotopic (exact) mass is 238 g/mol. The van der Waals surface area contributed by atoms with E-state index >= 15 is 0 Å². The van der Waals surface area contributed by atoms with Gasteiger partial charge in [-0.25, -0.2) is 4.79 Å². The van der Waals surface area contributed by atoms with Crippen LogP contribution in [0.3, 0.4) is 0 Å². The number of carbonyl (C=O) groups is 1. The minimum Gasteiger partial charge on any atom is -0.478 e. The second-order valence-corrected chi connectivity index (χ2v) is 3.97. The molecule has 4 nitrogen and oxygen atoms in total. The van der Waals surface area contributed by atoms with Gasteiger partial charge >= 0.3 is 5.97 Å². The van der Waals surface area contributed by atoms with Crippen molar-refractivity contribution in [1.82, 2.24) is 9.55 Å². The van der Waals surface area contributed by atoms with Crippen LogP contribution < -0.4 is 0 Å². The van der Waals surface area contributed by atoms with Crippen LogP contribution in [0.15, 0.2) is 55.0 Å². The normalized spacial score (nSPS) is 10.7. The molecule has 2 aromatic heterocycles. The summed E-state index contributed by atoms with van der Waals surface area (Å²) < 4.78 is 2.00. The third-order valence-electron chi connectivity index (χ3n) is 2.88. The highest BCUT2D eigenvalue weighted by Crippen LogP contribution is 2.21. The van der Waals surface area contributed by atoms with Crippen molar-refractivity contribution in [2.45, 2.75) is 0 Å². The molecule has 2 heterocycles. The summed E-state index contributed by atoms with van der Waals surface area (Å²) in [6, 6.07) is 10.8. The molecule has 0 saturated heterocycles. The maximum absolute atomic E-state index is 10.9. The van der Waals surface area contributed by atoms with Crippen LogP contribution in [-0.2, 0) is 0 Å². The van der Waals surface area contributed by atoms with Gasteiger partial charge in [-0.15, -0.1) is 0 Å². The molecule has 0 fully saturated rings. The number of fused-ring (bicyclic) bond motifs is 1. The molecule has 88 valence electrons. The molecule has 0 unspecified atom stereocenters. The molecule has 0 aliphatic rings. The maximum Gasteiger partial charge on any atom is 0.335 e. The number of nitrogens with zero attached hydrogens (tertiary/aromatic N) is 2. The van der Waals surface area contributed by atoms with Gasteiger partial charge in [0.25, 0.3) is 0 Å². The van der Waals surface area contributed by atoms with E-state index in [0.717, 1.165) is 16.6 Å². The molecular formula is C14H10N2O2. The lowest BCUT2D eigenvalue weighted by atomic mass is 10.1. The topological polar surface area (TPSA) is 55.1 Å². The Morgan fingerprint density at radius 2 is 1.89 bits per heavy atom. The smallest absolute Gasteiger partial charge is 0.335 e. The molecule has 0 spiro atoms. The van der Waals surface area contributed by atoms with Crippen LogP contribution >= 0.6 is 0 Å². The Balaban J connectivity index is 2.19. The van der Waals surface area contributed by atoms with Gasteiger partial charge in [0.05, 0.1) is 11.1 Å². The van der Waals surface area contributed by atoms with Crippen molar-refractivity contribution in [3.8, 4) is 5.69 Å². The lowest BCUT2D eigenvalue weighted by Crippen LogP contribution is -1.96. The van der Waals surface area contributed by atoms with Crippen molar-refractivity contribution in [2.75, 3.05) is 0 Å². The molecule has 0 aliphatic carbocycles. The summed E-state index contributed by atoms with van der Waals surface area (Å²) in [5.74, 6) is -0.909. The highest BCUT2D eigenvalue weighted by atomic mass is 16.4. The molecular weight excluding hydrogens is 228 g/mol. The van der Waals surface area contributed by atoms with Crippen LogP contribution in [0, 0.1) is 0 Å². The van der Waals surface area contributed by atoms with Gasteiger partial charge in [-0.2, -0.15) is 0 Å². The molecule has 0 aliphatic heterocycles. The zero-order valence-electron chi connectivity index (χ0n) is 9.45. The summed E-state index contributed by atoms with van der Waals surface area (Å²) in [5, 5.41) is 9.86. The fourth-order valence-corrected chi connectivity index (χ4v) is 2.01. The molecule has 1 N–H and O–H groups in total. The average molecular weight is 238 g/mol. The van der Waals surface area contributed by atoms with E-state index in [0.29, 0.717) is 5.56 Å². The Morgan fingerprint density at radius 1 is 1.11 bits per heavy atom. The van der Waals surface area contributed by atoms with Crippen LogP contribution in [0.25, 0.3) is 16.6 Å². The molecule has 0 atom stereocenters. The zero-order chi connectivity index (χ0) is 12.5. The number of aromatic carboxylic acids is 1. The Labute approximate surface area is 103 Å². The number of aromatic nitrogens is 2. The largest absolute Gasteiger partial charge is 0.478 e. The van der Waals surface area contributed by atoms with E-state index in [1.165, 1.54) is 0 Å². The Kier molecular flexibility index (Phi) is 2.34. The van der Waals surface area contributed by atoms with Gasteiger partial charge in [-0.1, -0.05) is 0 Å². The van der Waals surface area contributed by atoms with Crippen molar-refractivity contribution in [3.63, 3.8) is 0 Å². The fourth-order valence-electron chi connectivity index (χ4n) is 2.01. The van der Waals surface area contributed by atoms with Crippen molar-refractivity contribution in [2.24, 2.45) is 0 Å². The highest BCUT2D eigenvalue weighted by Gasteiger charge is 2.07. The van der Waals surface area contributed by atoms with Gasteiger partial charge in [0, 0.05) is 29.7 Å². The molecule has 0 radical (unpaired) electrons. The van der Waals surface area contributed by atoms with Crippen LogP contribution in [0.5, 0.6) is 0 Å². The summed E-state index contributed by atoms with van der Waals surface area (Å²) in [7, 11) is 0. The number of benzene rings is 1. The third kappa shape index (κ3) is 1.64. The summed E-state index contributed by atoms with van der Waals surface area (Å²) in [6.45, 7) is 0. The van der Waals surface area contributed by atoms with Crippen molar-refractivity contribution in [1.29, 1.82) is 0 Å². The van der Waals surface area contributed by atoms with E-state index < -0.39 is 5.97 Å². The van der Waals surface area contributed by atoms with E-state index in [-0.39, 0.29) is 0 Å². The van der Waals surface area contributed by atoms with E-state index in [9.17, 15) is 4.79 Å². The first kappa shape index (κ1) is 10.5. The second kappa shape index (κ2) is 4.00. The molecule has 1 aromatic carbocycles. The fraction of sp³-hybridized carbons (Fsp3) is 0. The number of pyridine rings is 1. The van der Waals surface area contributed by atoms with Crippen LogP contribution in [0.2, 0.25) is 0 Å². The predicted octanol–water partition coefficient (Wildman–Crippen LogP) is 2.72. The van der Waals surface area contributed by atoms with Gasteiger partial charge in [0.15, 0.2) is 0 Å². The Hall–Kier alpha value is -2.62. The van der Waals surface area contributed by atoms with Crippen LogP contribution in [0.4, 0.5) is 0 Å². The summed E-state index contributed by atoms with van der Waals surface area (Å²) in [4.78, 5) is 14.9. The Bertz CT molecular complexity index is 717. The first-order valence-electron chi connectivity index (χ1n) is 5.50. The predicted molar refractivity (Wildman–Crippen MR) is 68.0 cm³/mol. The average Bonchev–Trinajstić information content (AvgIpc) is 2.82. The van der Waals surface area contributed by atoms with E-state index in [1.807, 2.05) is 35.0 Å². The van der Waals surface area contributed by atoms with Gasteiger partial charge in [0.1, 0.15) is 0 Å².